The molecule has 1 aromatic heterocycles. The van der Waals surface area contributed by atoms with Gasteiger partial charge in [-0.25, -0.2) is 4.39 Å². The number of nitrogens with zero attached hydrogens (tertiary/aromatic N) is 1. The standard InChI is InChI=1S/C27H30FN3/c1-16(2)18(4)19-5-7-20(8-6-19)21-9-10-23-26(12-21)30-15-27(23)31-25-13-24(28)22(14-29)11-17(25)3/h5-8,11,13,15-16,18,21,30-31H,9-10,12H2,1-4H3. The molecule has 2 aromatic carbocycles. The van der Waals surface area contributed by atoms with Crippen molar-refractivity contribution in [2.45, 2.75) is 58.8 Å². The number of H-pyrrole nitrogens is 1. The van der Waals surface area contributed by atoms with Crippen LogP contribution >= 0.6 is 0 Å². The molecule has 0 spiro atoms. The summed E-state index contributed by atoms with van der Waals surface area (Å²) in [5.74, 6) is 1.23. The Balaban J connectivity index is 1.50. The largest absolute Gasteiger partial charge is 0.363 e. The number of benzene rings is 2. The fourth-order valence-electron chi connectivity index (χ4n) is 4.53. The minimum Gasteiger partial charge on any atom is -0.363 e. The number of halogens is 1. The summed E-state index contributed by atoms with van der Waals surface area (Å²) in [6, 6.07) is 14.1. The minimum atomic E-state index is -0.490. The molecule has 0 saturated carbocycles. The van der Waals surface area contributed by atoms with Gasteiger partial charge in [-0.05, 0) is 78.3 Å². The number of hydrogen-bond donors (Lipinski definition) is 2. The monoisotopic (exact) mass is 415 g/mol. The molecule has 4 heteroatoms. The van der Waals surface area contributed by atoms with Gasteiger partial charge in [-0.1, -0.05) is 45.0 Å². The molecule has 2 unspecified atom stereocenters. The van der Waals surface area contributed by atoms with Crippen LogP contribution in [0.1, 0.15) is 72.5 Å². The van der Waals surface area contributed by atoms with Crippen LogP contribution in [0.2, 0.25) is 0 Å². The maximum Gasteiger partial charge on any atom is 0.143 e. The van der Waals surface area contributed by atoms with Gasteiger partial charge in [0.2, 0.25) is 0 Å². The summed E-state index contributed by atoms with van der Waals surface area (Å²) >= 11 is 0. The second kappa shape index (κ2) is 8.59. The van der Waals surface area contributed by atoms with Crippen molar-refractivity contribution in [2.24, 2.45) is 5.92 Å². The van der Waals surface area contributed by atoms with Gasteiger partial charge in [-0.3, -0.25) is 0 Å². The lowest BCUT2D eigenvalue weighted by Crippen LogP contribution is -2.13. The van der Waals surface area contributed by atoms with Crippen LogP contribution in [0.15, 0.2) is 42.6 Å². The van der Waals surface area contributed by atoms with Gasteiger partial charge >= 0.3 is 0 Å². The van der Waals surface area contributed by atoms with Crippen molar-refractivity contribution in [3.8, 4) is 6.07 Å². The van der Waals surface area contributed by atoms with Gasteiger partial charge in [-0.15, -0.1) is 0 Å². The lowest BCUT2D eigenvalue weighted by atomic mass is 9.81. The average molecular weight is 416 g/mol. The van der Waals surface area contributed by atoms with E-state index in [-0.39, 0.29) is 5.56 Å². The zero-order valence-electron chi connectivity index (χ0n) is 18.7. The van der Waals surface area contributed by atoms with Crippen LogP contribution in [0.3, 0.4) is 0 Å². The minimum absolute atomic E-state index is 0.0794. The Morgan fingerprint density at radius 1 is 1.13 bits per heavy atom. The molecule has 0 radical (unpaired) electrons. The third-order valence-corrected chi connectivity index (χ3v) is 6.91. The number of aromatic nitrogens is 1. The van der Waals surface area contributed by atoms with Gasteiger partial charge in [-0.2, -0.15) is 5.26 Å². The molecule has 0 bridgehead atoms. The first-order valence-electron chi connectivity index (χ1n) is 11.1. The van der Waals surface area contributed by atoms with Gasteiger partial charge in [0.1, 0.15) is 11.9 Å². The number of nitriles is 1. The number of aromatic amines is 1. The van der Waals surface area contributed by atoms with Crippen LogP contribution in [0.4, 0.5) is 15.8 Å². The van der Waals surface area contributed by atoms with Gasteiger partial charge in [0.05, 0.1) is 11.3 Å². The third kappa shape index (κ3) is 4.23. The molecule has 2 atom stereocenters. The van der Waals surface area contributed by atoms with E-state index in [9.17, 15) is 4.39 Å². The molecular weight excluding hydrogens is 385 g/mol. The van der Waals surface area contributed by atoms with E-state index in [0.29, 0.717) is 23.4 Å². The number of rotatable bonds is 5. The number of hydrogen-bond acceptors (Lipinski definition) is 2. The molecule has 31 heavy (non-hydrogen) atoms. The number of nitrogens with one attached hydrogen (secondary N) is 2. The smallest absolute Gasteiger partial charge is 0.143 e. The van der Waals surface area contributed by atoms with Crippen molar-refractivity contribution in [3.63, 3.8) is 0 Å². The van der Waals surface area contributed by atoms with Crippen molar-refractivity contribution < 1.29 is 4.39 Å². The molecule has 0 saturated heterocycles. The molecular formula is C27H30FN3. The van der Waals surface area contributed by atoms with Crippen molar-refractivity contribution in [1.29, 1.82) is 5.26 Å². The van der Waals surface area contributed by atoms with Gasteiger partial charge < -0.3 is 10.3 Å². The fraction of sp³-hybridized carbons (Fsp3) is 0.370. The molecule has 3 nitrogen and oxygen atoms in total. The highest BCUT2D eigenvalue weighted by Crippen LogP contribution is 2.37. The fourth-order valence-corrected chi connectivity index (χ4v) is 4.53. The lowest BCUT2D eigenvalue weighted by molar-refractivity contribution is 0.534. The second-order valence-electron chi connectivity index (χ2n) is 9.18. The molecule has 1 heterocycles. The van der Waals surface area contributed by atoms with Crippen LogP contribution < -0.4 is 5.32 Å². The Labute approximate surface area is 184 Å². The average Bonchev–Trinajstić information content (AvgIpc) is 3.17. The Kier molecular flexibility index (Phi) is 5.87. The van der Waals surface area contributed by atoms with E-state index in [1.165, 1.54) is 28.5 Å². The molecule has 1 aliphatic rings. The zero-order valence-corrected chi connectivity index (χ0v) is 18.7. The highest BCUT2D eigenvalue weighted by atomic mass is 19.1. The van der Waals surface area contributed by atoms with Crippen molar-refractivity contribution in [2.75, 3.05) is 5.32 Å². The number of fused-ring (bicyclic) bond motifs is 1. The predicted octanol–water partition coefficient (Wildman–Crippen LogP) is 7.11. The molecule has 4 rings (SSSR count). The lowest BCUT2D eigenvalue weighted by Gasteiger charge is -2.24. The quantitative estimate of drug-likeness (QED) is 0.466. The van der Waals surface area contributed by atoms with E-state index in [0.717, 1.165) is 30.5 Å². The summed E-state index contributed by atoms with van der Waals surface area (Å²) in [6.07, 6.45) is 5.04. The Bertz CT molecular complexity index is 1120. The number of aryl methyl sites for hydroxylation is 1. The van der Waals surface area contributed by atoms with Crippen molar-refractivity contribution in [3.05, 3.63) is 81.9 Å². The van der Waals surface area contributed by atoms with Crippen molar-refractivity contribution >= 4 is 11.4 Å². The SMILES string of the molecule is Cc1cc(C#N)c(F)cc1Nc1c[nH]c2c1CCC(c1ccc(C(C)C(C)C)cc1)C2. The molecule has 0 amide bonds. The van der Waals surface area contributed by atoms with E-state index in [2.05, 4.69) is 55.3 Å². The molecule has 0 fully saturated rings. The first-order chi connectivity index (χ1) is 14.9. The third-order valence-electron chi connectivity index (χ3n) is 6.91. The number of anilines is 2. The Morgan fingerprint density at radius 3 is 2.55 bits per heavy atom. The van der Waals surface area contributed by atoms with E-state index < -0.39 is 5.82 Å². The molecule has 0 aliphatic heterocycles. The highest BCUT2D eigenvalue weighted by molar-refractivity contribution is 5.68. The summed E-state index contributed by atoms with van der Waals surface area (Å²) in [6.45, 7) is 8.72. The summed E-state index contributed by atoms with van der Waals surface area (Å²) in [5, 5.41) is 12.4. The van der Waals surface area contributed by atoms with Gasteiger partial charge in [0.15, 0.2) is 0 Å². The summed E-state index contributed by atoms with van der Waals surface area (Å²) in [4.78, 5) is 3.44. The Hall–Kier alpha value is -3.06. The summed E-state index contributed by atoms with van der Waals surface area (Å²) < 4.78 is 14.1. The zero-order chi connectivity index (χ0) is 22.1. The van der Waals surface area contributed by atoms with Gasteiger partial charge in [0, 0.05) is 17.6 Å². The summed E-state index contributed by atoms with van der Waals surface area (Å²) in [7, 11) is 0. The molecule has 2 N–H and O–H groups in total. The normalized spacial score (nSPS) is 16.6. The van der Waals surface area contributed by atoms with Crippen LogP contribution in [0.5, 0.6) is 0 Å². The van der Waals surface area contributed by atoms with Crippen LogP contribution in [-0.2, 0) is 12.8 Å². The highest BCUT2D eigenvalue weighted by Gasteiger charge is 2.24. The molecule has 1 aliphatic carbocycles. The van der Waals surface area contributed by atoms with Crippen LogP contribution in [-0.4, -0.2) is 4.98 Å². The maximum atomic E-state index is 14.1. The maximum absolute atomic E-state index is 14.1. The summed E-state index contributed by atoms with van der Waals surface area (Å²) in [5.41, 5.74) is 7.99. The second-order valence-corrected chi connectivity index (χ2v) is 9.18. The van der Waals surface area contributed by atoms with E-state index >= 15 is 0 Å². The first kappa shape index (κ1) is 21.2. The molecule has 3 aromatic rings. The van der Waals surface area contributed by atoms with E-state index in [1.54, 1.807) is 6.07 Å². The van der Waals surface area contributed by atoms with E-state index in [1.807, 2.05) is 19.2 Å². The molecule has 160 valence electrons. The van der Waals surface area contributed by atoms with Crippen LogP contribution in [0.25, 0.3) is 0 Å². The Morgan fingerprint density at radius 2 is 1.87 bits per heavy atom. The van der Waals surface area contributed by atoms with Gasteiger partial charge in [0.25, 0.3) is 0 Å². The topological polar surface area (TPSA) is 51.6 Å². The predicted molar refractivity (Wildman–Crippen MR) is 124 cm³/mol. The van der Waals surface area contributed by atoms with Crippen molar-refractivity contribution in [1.82, 2.24) is 4.98 Å². The first-order valence-corrected chi connectivity index (χ1v) is 11.1. The van der Waals surface area contributed by atoms with E-state index in [4.69, 9.17) is 5.26 Å². The van der Waals surface area contributed by atoms with Crippen LogP contribution in [0, 0.1) is 30.0 Å².